The largest absolute Gasteiger partial charge is 0.487 e. The lowest BCUT2D eigenvalue weighted by Gasteiger charge is -2.16. The zero-order valence-electron chi connectivity index (χ0n) is 18.8. The summed E-state index contributed by atoms with van der Waals surface area (Å²) in [6, 6.07) is 21.9. The van der Waals surface area contributed by atoms with E-state index in [2.05, 4.69) is 20.6 Å². The third kappa shape index (κ3) is 6.32. The van der Waals surface area contributed by atoms with Gasteiger partial charge in [0, 0.05) is 45.0 Å². The van der Waals surface area contributed by atoms with E-state index in [0.717, 1.165) is 41.2 Å². The number of pyridine rings is 1. The second-order valence-electron chi connectivity index (χ2n) is 7.85. The SMILES string of the molecule is CN=C(NCc1ccc(N2CCCC2=O)cc1)NCc1cccc(OCc2ccccn2)c1. The van der Waals surface area contributed by atoms with Gasteiger partial charge in [0.25, 0.3) is 0 Å². The molecule has 7 heteroatoms. The molecule has 170 valence electrons. The van der Waals surface area contributed by atoms with Gasteiger partial charge in [-0.2, -0.15) is 0 Å². The molecule has 7 nitrogen and oxygen atoms in total. The fraction of sp³-hybridized carbons (Fsp3) is 0.269. The van der Waals surface area contributed by atoms with Crippen molar-refractivity contribution in [3.05, 3.63) is 89.7 Å². The van der Waals surface area contributed by atoms with Crippen molar-refractivity contribution in [3.8, 4) is 5.75 Å². The summed E-state index contributed by atoms with van der Waals surface area (Å²) in [5, 5.41) is 6.67. The molecule has 0 spiro atoms. The molecule has 1 amide bonds. The zero-order chi connectivity index (χ0) is 22.9. The molecule has 0 saturated carbocycles. The van der Waals surface area contributed by atoms with Gasteiger partial charge in [0.15, 0.2) is 5.96 Å². The number of benzene rings is 2. The van der Waals surface area contributed by atoms with E-state index in [1.54, 1.807) is 13.2 Å². The van der Waals surface area contributed by atoms with Crippen LogP contribution in [0.4, 0.5) is 5.69 Å². The number of hydrogen-bond donors (Lipinski definition) is 2. The van der Waals surface area contributed by atoms with Crippen LogP contribution in [0.2, 0.25) is 0 Å². The molecule has 4 rings (SSSR count). The molecule has 0 unspecified atom stereocenters. The van der Waals surface area contributed by atoms with Crippen LogP contribution in [0.25, 0.3) is 0 Å². The number of anilines is 1. The Kier molecular flexibility index (Phi) is 7.53. The maximum absolute atomic E-state index is 11.9. The fourth-order valence-electron chi connectivity index (χ4n) is 3.69. The highest BCUT2D eigenvalue weighted by atomic mass is 16.5. The number of guanidine groups is 1. The van der Waals surface area contributed by atoms with Crippen LogP contribution in [0, 0.1) is 0 Å². The van der Waals surface area contributed by atoms with Crippen LogP contribution in [0.3, 0.4) is 0 Å². The molecule has 1 aromatic heterocycles. The molecular formula is C26H29N5O2. The lowest BCUT2D eigenvalue weighted by atomic mass is 10.2. The molecule has 0 aliphatic carbocycles. The topological polar surface area (TPSA) is 78.9 Å². The first kappa shape index (κ1) is 22.3. The average molecular weight is 444 g/mol. The standard InChI is InChI=1S/C26H29N5O2/c1-27-26(29-17-20-10-12-23(13-11-20)31-15-5-9-25(31)32)30-18-21-6-4-8-24(16-21)33-19-22-7-2-3-14-28-22/h2-4,6-8,10-14,16H,5,9,15,17-19H2,1H3,(H2,27,29,30). The van der Waals surface area contributed by atoms with E-state index in [4.69, 9.17) is 4.74 Å². The van der Waals surface area contributed by atoms with Crippen molar-refractivity contribution in [2.45, 2.75) is 32.5 Å². The highest BCUT2D eigenvalue weighted by Crippen LogP contribution is 2.21. The van der Waals surface area contributed by atoms with Crippen molar-refractivity contribution in [2.24, 2.45) is 4.99 Å². The second-order valence-corrected chi connectivity index (χ2v) is 7.85. The van der Waals surface area contributed by atoms with Gasteiger partial charge in [-0.1, -0.05) is 30.3 Å². The Balaban J connectivity index is 1.25. The number of carbonyl (C=O) groups is 1. The highest BCUT2D eigenvalue weighted by molar-refractivity contribution is 5.95. The fourth-order valence-corrected chi connectivity index (χ4v) is 3.69. The third-order valence-corrected chi connectivity index (χ3v) is 5.48. The number of nitrogens with zero attached hydrogens (tertiary/aromatic N) is 3. The maximum Gasteiger partial charge on any atom is 0.227 e. The van der Waals surface area contributed by atoms with Crippen molar-refractivity contribution >= 4 is 17.6 Å². The Morgan fingerprint density at radius 3 is 2.55 bits per heavy atom. The number of aromatic nitrogens is 1. The first-order valence-corrected chi connectivity index (χ1v) is 11.2. The lowest BCUT2D eigenvalue weighted by molar-refractivity contribution is -0.117. The van der Waals surface area contributed by atoms with E-state index in [0.29, 0.717) is 32.1 Å². The monoisotopic (exact) mass is 443 g/mol. The molecular weight excluding hydrogens is 414 g/mol. The van der Waals surface area contributed by atoms with Gasteiger partial charge in [0.05, 0.1) is 5.69 Å². The van der Waals surface area contributed by atoms with Crippen LogP contribution in [0.15, 0.2) is 77.9 Å². The first-order valence-electron chi connectivity index (χ1n) is 11.2. The van der Waals surface area contributed by atoms with Crippen LogP contribution in [0.5, 0.6) is 5.75 Å². The third-order valence-electron chi connectivity index (χ3n) is 5.48. The Bertz CT molecular complexity index is 1080. The number of hydrogen-bond acceptors (Lipinski definition) is 4. The molecule has 1 aliphatic heterocycles. The zero-order valence-corrected chi connectivity index (χ0v) is 18.8. The van der Waals surface area contributed by atoms with Crippen LogP contribution in [-0.4, -0.2) is 30.4 Å². The molecule has 3 aromatic rings. The maximum atomic E-state index is 11.9. The van der Waals surface area contributed by atoms with Gasteiger partial charge in [-0.05, 0) is 53.9 Å². The number of rotatable bonds is 8. The van der Waals surface area contributed by atoms with Crippen molar-refractivity contribution in [1.82, 2.24) is 15.6 Å². The molecule has 2 heterocycles. The molecule has 33 heavy (non-hydrogen) atoms. The average Bonchev–Trinajstić information content (AvgIpc) is 3.30. The summed E-state index contributed by atoms with van der Waals surface area (Å²) < 4.78 is 5.86. The Labute approximate surface area is 194 Å². The van der Waals surface area contributed by atoms with Crippen molar-refractivity contribution < 1.29 is 9.53 Å². The van der Waals surface area contributed by atoms with E-state index in [1.165, 1.54) is 0 Å². The minimum atomic E-state index is 0.205. The van der Waals surface area contributed by atoms with Crippen LogP contribution < -0.4 is 20.3 Å². The van der Waals surface area contributed by atoms with Crippen LogP contribution >= 0.6 is 0 Å². The number of ether oxygens (including phenoxy) is 1. The molecule has 0 radical (unpaired) electrons. The Morgan fingerprint density at radius 2 is 1.85 bits per heavy atom. The second kappa shape index (κ2) is 11.1. The van der Waals surface area contributed by atoms with Crippen LogP contribution in [-0.2, 0) is 24.5 Å². The smallest absolute Gasteiger partial charge is 0.227 e. The highest BCUT2D eigenvalue weighted by Gasteiger charge is 2.21. The van der Waals surface area contributed by atoms with E-state index in [9.17, 15) is 4.79 Å². The number of amides is 1. The summed E-state index contributed by atoms with van der Waals surface area (Å²) in [6.07, 6.45) is 3.34. The molecule has 0 atom stereocenters. The van der Waals surface area contributed by atoms with E-state index in [-0.39, 0.29) is 5.91 Å². The van der Waals surface area contributed by atoms with E-state index < -0.39 is 0 Å². The molecule has 1 fully saturated rings. The van der Waals surface area contributed by atoms with E-state index in [1.807, 2.05) is 71.6 Å². The molecule has 0 bridgehead atoms. The van der Waals surface area contributed by atoms with Crippen molar-refractivity contribution in [3.63, 3.8) is 0 Å². The Morgan fingerprint density at radius 1 is 1.03 bits per heavy atom. The normalized spacial score (nSPS) is 13.8. The van der Waals surface area contributed by atoms with Gasteiger partial charge in [-0.3, -0.25) is 14.8 Å². The summed E-state index contributed by atoms with van der Waals surface area (Å²) in [7, 11) is 1.75. The minimum Gasteiger partial charge on any atom is -0.487 e. The lowest BCUT2D eigenvalue weighted by Crippen LogP contribution is -2.36. The summed E-state index contributed by atoms with van der Waals surface area (Å²) in [6.45, 7) is 2.51. The predicted octanol–water partition coefficient (Wildman–Crippen LogP) is 3.65. The van der Waals surface area contributed by atoms with Gasteiger partial charge >= 0.3 is 0 Å². The van der Waals surface area contributed by atoms with Gasteiger partial charge in [0.1, 0.15) is 12.4 Å². The number of aliphatic imine (C=N–C) groups is 1. The van der Waals surface area contributed by atoms with E-state index >= 15 is 0 Å². The van der Waals surface area contributed by atoms with Crippen molar-refractivity contribution in [1.29, 1.82) is 0 Å². The van der Waals surface area contributed by atoms with Crippen molar-refractivity contribution in [2.75, 3.05) is 18.5 Å². The molecule has 1 saturated heterocycles. The minimum absolute atomic E-state index is 0.205. The molecule has 2 aromatic carbocycles. The summed E-state index contributed by atoms with van der Waals surface area (Å²) in [5.74, 6) is 1.73. The predicted molar refractivity (Wildman–Crippen MR) is 130 cm³/mol. The summed E-state index contributed by atoms with van der Waals surface area (Å²) in [4.78, 5) is 22.3. The first-order chi connectivity index (χ1) is 16.2. The van der Waals surface area contributed by atoms with Gasteiger partial charge in [0.2, 0.25) is 5.91 Å². The Hall–Kier alpha value is -3.87. The summed E-state index contributed by atoms with van der Waals surface area (Å²) in [5.41, 5.74) is 4.08. The van der Waals surface area contributed by atoms with Gasteiger partial charge in [-0.25, -0.2) is 0 Å². The number of nitrogens with one attached hydrogen (secondary N) is 2. The quantitative estimate of drug-likeness (QED) is 0.410. The number of carbonyl (C=O) groups excluding carboxylic acids is 1. The summed E-state index contributed by atoms with van der Waals surface area (Å²) >= 11 is 0. The molecule has 1 aliphatic rings. The van der Waals surface area contributed by atoms with Gasteiger partial charge < -0.3 is 20.3 Å². The van der Waals surface area contributed by atoms with Crippen LogP contribution in [0.1, 0.15) is 29.7 Å². The van der Waals surface area contributed by atoms with Gasteiger partial charge in [-0.15, -0.1) is 0 Å². The molecule has 2 N–H and O–H groups in total.